The van der Waals surface area contributed by atoms with Crippen LogP contribution in [0.1, 0.15) is 23.1 Å². The van der Waals surface area contributed by atoms with Gasteiger partial charge in [0.25, 0.3) is 0 Å². The predicted molar refractivity (Wildman–Crippen MR) is 126 cm³/mol. The van der Waals surface area contributed by atoms with Gasteiger partial charge in [-0.05, 0) is 59.9 Å². The number of carbonyl (C=O) groups is 1. The lowest BCUT2D eigenvalue weighted by Crippen LogP contribution is -2.48. The molecule has 0 bridgehead atoms. The number of halogens is 1. The maximum Gasteiger partial charge on any atom is 0.220 e. The molecule has 4 nitrogen and oxygen atoms in total. The van der Waals surface area contributed by atoms with E-state index in [1.165, 1.54) is 16.8 Å². The Hall–Kier alpha value is -2.98. The zero-order chi connectivity index (χ0) is 21.6. The van der Waals surface area contributed by atoms with E-state index in [9.17, 15) is 4.79 Å². The second-order valence-electron chi connectivity index (χ2n) is 7.96. The smallest absolute Gasteiger partial charge is 0.220 e. The lowest BCUT2D eigenvalue weighted by atomic mass is 9.97. The molecule has 0 radical (unpaired) electrons. The maximum atomic E-state index is 12.7. The maximum absolute atomic E-state index is 12.7. The summed E-state index contributed by atoms with van der Waals surface area (Å²) in [7, 11) is 1.65. The molecule has 1 unspecified atom stereocenters. The van der Waals surface area contributed by atoms with E-state index in [-0.39, 0.29) is 11.9 Å². The molecule has 3 aromatic carbocycles. The van der Waals surface area contributed by atoms with E-state index in [0.29, 0.717) is 12.8 Å². The van der Waals surface area contributed by atoms with Crippen molar-refractivity contribution in [2.75, 3.05) is 18.6 Å². The Balaban J connectivity index is 1.42. The Morgan fingerprint density at radius 2 is 1.87 bits per heavy atom. The Labute approximate surface area is 188 Å². The van der Waals surface area contributed by atoms with Crippen LogP contribution >= 0.6 is 11.6 Å². The first kappa shape index (κ1) is 21.3. The van der Waals surface area contributed by atoms with Crippen LogP contribution < -0.4 is 15.0 Å². The molecule has 0 aliphatic carbocycles. The van der Waals surface area contributed by atoms with Crippen molar-refractivity contribution in [2.24, 2.45) is 0 Å². The average molecular weight is 435 g/mol. The third kappa shape index (κ3) is 5.59. The minimum absolute atomic E-state index is 0.0486. The second kappa shape index (κ2) is 9.88. The number of nitrogens with zero attached hydrogens (tertiary/aromatic N) is 1. The van der Waals surface area contributed by atoms with Gasteiger partial charge >= 0.3 is 0 Å². The predicted octanol–water partition coefficient (Wildman–Crippen LogP) is 5.03. The zero-order valence-corrected chi connectivity index (χ0v) is 18.4. The molecule has 1 atom stereocenters. The standard InChI is InChI=1S/C26H27ClN2O2/c1-31-24-9-5-8-19(14-24)10-13-26(30)28-23-16-21-15-22(27)11-12-25(21)29(18-23)17-20-6-3-2-4-7-20/h2-9,11-12,14-15,23H,10,13,16-18H2,1H3,(H,28,30). The number of methoxy groups -OCH3 is 1. The van der Waals surface area contributed by atoms with Crippen LogP contribution in [0.5, 0.6) is 5.75 Å². The second-order valence-corrected chi connectivity index (χ2v) is 8.40. The van der Waals surface area contributed by atoms with Crippen molar-refractivity contribution in [3.63, 3.8) is 0 Å². The van der Waals surface area contributed by atoms with Crippen molar-refractivity contribution < 1.29 is 9.53 Å². The third-order valence-electron chi connectivity index (χ3n) is 5.65. The normalized spacial score (nSPS) is 15.3. The first-order valence-electron chi connectivity index (χ1n) is 10.6. The number of rotatable bonds is 7. The van der Waals surface area contributed by atoms with Crippen LogP contribution in [0.4, 0.5) is 5.69 Å². The van der Waals surface area contributed by atoms with Gasteiger partial charge in [-0.2, -0.15) is 0 Å². The van der Waals surface area contributed by atoms with Gasteiger partial charge in [-0.25, -0.2) is 0 Å². The number of nitrogens with one attached hydrogen (secondary N) is 1. The van der Waals surface area contributed by atoms with Crippen LogP contribution in [0.25, 0.3) is 0 Å². The van der Waals surface area contributed by atoms with Crippen molar-refractivity contribution in [1.29, 1.82) is 0 Å². The fourth-order valence-electron chi connectivity index (χ4n) is 4.16. The topological polar surface area (TPSA) is 41.6 Å². The lowest BCUT2D eigenvalue weighted by Gasteiger charge is -2.36. The molecule has 0 aromatic heterocycles. The molecular formula is C26H27ClN2O2. The Bertz CT molecular complexity index is 1040. The highest BCUT2D eigenvalue weighted by Crippen LogP contribution is 2.31. The number of carbonyl (C=O) groups excluding carboxylic acids is 1. The monoisotopic (exact) mass is 434 g/mol. The summed E-state index contributed by atoms with van der Waals surface area (Å²) in [6.07, 6.45) is 1.92. The Kier molecular flexibility index (Phi) is 6.78. The number of ether oxygens (including phenoxy) is 1. The van der Waals surface area contributed by atoms with E-state index in [4.69, 9.17) is 16.3 Å². The van der Waals surface area contributed by atoms with Crippen molar-refractivity contribution in [3.05, 3.63) is 94.5 Å². The molecule has 1 N–H and O–H groups in total. The average Bonchev–Trinajstić information content (AvgIpc) is 2.78. The van der Waals surface area contributed by atoms with Crippen LogP contribution in [0.3, 0.4) is 0 Å². The van der Waals surface area contributed by atoms with Crippen LogP contribution in [-0.2, 0) is 24.2 Å². The molecule has 0 saturated heterocycles. The van der Waals surface area contributed by atoms with E-state index in [1.54, 1.807) is 7.11 Å². The molecule has 0 saturated carbocycles. The van der Waals surface area contributed by atoms with Gasteiger partial charge in [0.1, 0.15) is 5.75 Å². The van der Waals surface area contributed by atoms with Crippen molar-refractivity contribution in [3.8, 4) is 5.75 Å². The number of fused-ring (bicyclic) bond motifs is 1. The van der Waals surface area contributed by atoms with E-state index < -0.39 is 0 Å². The summed E-state index contributed by atoms with van der Waals surface area (Å²) in [6.45, 7) is 1.57. The zero-order valence-electron chi connectivity index (χ0n) is 17.7. The molecule has 3 aromatic rings. The van der Waals surface area contributed by atoms with E-state index >= 15 is 0 Å². The van der Waals surface area contributed by atoms with Gasteiger partial charge in [0.2, 0.25) is 5.91 Å². The molecular weight excluding hydrogens is 408 g/mol. The summed E-state index contributed by atoms with van der Waals surface area (Å²) < 4.78 is 5.27. The number of aryl methyl sites for hydroxylation is 1. The highest BCUT2D eigenvalue weighted by Gasteiger charge is 2.26. The summed E-state index contributed by atoms with van der Waals surface area (Å²) in [5.74, 6) is 0.883. The van der Waals surface area contributed by atoms with Crippen molar-refractivity contribution in [1.82, 2.24) is 5.32 Å². The number of hydrogen-bond acceptors (Lipinski definition) is 3. The van der Waals surface area contributed by atoms with Gasteiger partial charge in [0, 0.05) is 30.2 Å². The number of anilines is 1. The summed E-state index contributed by atoms with van der Waals surface area (Å²) in [5, 5.41) is 3.96. The number of amides is 1. The first-order valence-corrected chi connectivity index (χ1v) is 11.0. The highest BCUT2D eigenvalue weighted by atomic mass is 35.5. The SMILES string of the molecule is COc1cccc(CCC(=O)NC2Cc3cc(Cl)ccc3N(Cc3ccccc3)C2)c1. The lowest BCUT2D eigenvalue weighted by molar-refractivity contribution is -0.121. The molecule has 5 heteroatoms. The van der Waals surface area contributed by atoms with Crippen LogP contribution in [0.2, 0.25) is 5.02 Å². The molecule has 31 heavy (non-hydrogen) atoms. The minimum atomic E-state index is 0.0486. The highest BCUT2D eigenvalue weighted by molar-refractivity contribution is 6.30. The van der Waals surface area contributed by atoms with Crippen LogP contribution in [0.15, 0.2) is 72.8 Å². The van der Waals surface area contributed by atoms with Crippen molar-refractivity contribution in [2.45, 2.75) is 31.8 Å². The summed E-state index contributed by atoms with van der Waals surface area (Å²) in [4.78, 5) is 15.0. The Morgan fingerprint density at radius 3 is 2.68 bits per heavy atom. The van der Waals surface area contributed by atoms with Gasteiger partial charge in [-0.1, -0.05) is 54.1 Å². The molecule has 1 aliphatic rings. The van der Waals surface area contributed by atoms with Gasteiger partial charge in [-0.3, -0.25) is 4.79 Å². The quantitative estimate of drug-likeness (QED) is 0.567. The van der Waals surface area contributed by atoms with E-state index in [1.807, 2.05) is 42.5 Å². The minimum Gasteiger partial charge on any atom is -0.497 e. The molecule has 1 aliphatic heterocycles. The number of benzene rings is 3. The number of hydrogen-bond donors (Lipinski definition) is 1. The molecule has 0 fully saturated rings. The largest absolute Gasteiger partial charge is 0.497 e. The fourth-order valence-corrected chi connectivity index (χ4v) is 4.35. The summed E-state index contributed by atoms with van der Waals surface area (Å²) >= 11 is 6.26. The van der Waals surface area contributed by atoms with Crippen LogP contribution in [0, 0.1) is 0 Å². The fraction of sp³-hybridized carbons (Fsp3) is 0.269. The van der Waals surface area contributed by atoms with E-state index in [2.05, 4.69) is 40.5 Å². The third-order valence-corrected chi connectivity index (χ3v) is 5.88. The molecule has 1 amide bonds. The van der Waals surface area contributed by atoms with Crippen molar-refractivity contribution >= 4 is 23.2 Å². The van der Waals surface area contributed by atoms with Crippen LogP contribution in [-0.4, -0.2) is 25.6 Å². The molecule has 160 valence electrons. The van der Waals surface area contributed by atoms with Gasteiger partial charge in [-0.15, -0.1) is 0 Å². The molecule has 0 spiro atoms. The Morgan fingerprint density at radius 1 is 1.06 bits per heavy atom. The van der Waals surface area contributed by atoms with Gasteiger partial charge < -0.3 is 15.0 Å². The molecule has 1 heterocycles. The van der Waals surface area contributed by atoms with Gasteiger partial charge in [0.05, 0.1) is 13.2 Å². The first-order chi connectivity index (χ1) is 15.1. The summed E-state index contributed by atoms with van der Waals surface area (Å²) in [6, 6.07) is 24.4. The molecule has 4 rings (SSSR count). The summed E-state index contributed by atoms with van der Waals surface area (Å²) in [5.41, 5.74) is 4.71. The van der Waals surface area contributed by atoms with Gasteiger partial charge in [0.15, 0.2) is 0 Å². The van der Waals surface area contributed by atoms with E-state index in [0.717, 1.165) is 35.8 Å².